The van der Waals surface area contributed by atoms with Gasteiger partial charge in [0, 0.05) is 97.0 Å². The van der Waals surface area contributed by atoms with E-state index in [1.54, 1.807) is 6.33 Å². The molecular formula is C19H21N5Y2-2. The molecule has 130 valence electrons. The molecule has 4 rings (SSSR count). The number of aromatic nitrogens is 3. The second kappa shape index (κ2) is 9.34. The Morgan fingerprint density at radius 2 is 1.65 bits per heavy atom. The van der Waals surface area contributed by atoms with Gasteiger partial charge < -0.3 is 27.3 Å². The van der Waals surface area contributed by atoms with Crippen LogP contribution in [0.2, 0.25) is 0 Å². The Morgan fingerprint density at radius 3 is 2.31 bits per heavy atom. The molecule has 1 aliphatic rings. The summed E-state index contributed by atoms with van der Waals surface area (Å²) in [6.07, 6.45) is 3.68. The van der Waals surface area contributed by atoms with Gasteiger partial charge in [-0.3, -0.25) is 16.7 Å². The van der Waals surface area contributed by atoms with Gasteiger partial charge in [0.15, 0.2) is 0 Å². The summed E-state index contributed by atoms with van der Waals surface area (Å²) in [5.41, 5.74) is 6.53. The van der Waals surface area contributed by atoms with Crippen LogP contribution in [0.25, 0.3) is 22.2 Å². The third kappa shape index (κ3) is 4.12. The summed E-state index contributed by atoms with van der Waals surface area (Å²) < 4.78 is 0. The third-order valence-electron chi connectivity index (χ3n) is 4.64. The first-order valence-electron chi connectivity index (χ1n) is 8.35. The van der Waals surface area contributed by atoms with Crippen molar-refractivity contribution in [1.82, 2.24) is 20.3 Å². The molecule has 3 heterocycles. The van der Waals surface area contributed by atoms with Crippen LogP contribution >= 0.6 is 0 Å². The summed E-state index contributed by atoms with van der Waals surface area (Å²) in [4.78, 5) is 14.7. The van der Waals surface area contributed by atoms with Crippen molar-refractivity contribution in [3.63, 3.8) is 0 Å². The smallest absolute Gasteiger partial charge is 0.141 e. The van der Waals surface area contributed by atoms with Crippen LogP contribution in [0.1, 0.15) is 16.7 Å². The Balaban J connectivity index is 0.00000121. The normalized spacial score (nSPS) is 14.0. The topological polar surface area (TPSA) is 56.8 Å². The van der Waals surface area contributed by atoms with Gasteiger partial charge in [0.05, 0.1) is 0 Å². The van der Waals surface area contributed by atoms with Crippen LogP contribution in [0.15, 0.2) is 12.5 Å². The number of nitrogens with zero attached hydrogens (tertiary/aromatic N) is 3. The van der Waals surface area contributed by atoms with Gasteiger partial charge in [-0.25, -0.2) is 15.5 Å². The fourth-order valence-corrected chi connectivity index (χ4v) is 3.66. The first-order chi connectivity index (χ1) is 11.6. The molecule has 5 nitrogen and oxygen atoms in total. The second-order valence-electron chi connectivity index (χ2n) is 6.36. The summed E-state index contributed by atoms with van der Waals surface area (Å²) in [6.45, 7) is 10.1. The summed E-state index contributed by atoms with van der Waals surface area (Å²) in [7, 11) is 0. The van der Waals surface area contributed by atoms with Crippen LogP contribution in [0.3, 0.4) is 0 Å². The van der Waals surface area contributed by atoms with Crippen molar-refractivity contribution >= 4 is 16.9 Å². The first-order valence-corrected chi connectivity index (χ1v) is 8.35. The van der Waals surface area contributed by atoms with Crippen molar-refractivity contribution in [3.8, 4) is 11.1 Å². The molecule has 1 aromatic carbocycles. The Bertz CT molecular complexity index is 877. The number of H-pyrrole nitrogens is 1. The van der Waals surface area contributed by atoms with Crippen LogP contribution in [-0.4, -0.2) is 41.1 Å². The number of anilines is 1. The summed E-state index contributed by atoms with van der Waals surface area (Å²) in [5.74, 6) is 1.01. The average Bonchev–Trinajstić information content (AvgIpc) is 2.99. The predicted molar refractivity (Wildman–Crippen MR) is 96.3 cm³/mol. The van der Waals surface area contributed by atoms with Gasteiger partial charge in [-0.2, -0.15) is 0 Å². The van der Waals surface area contributed by atoms with Gasteiger partial charge in [-0.15, -0.1) is 0 Å². The molecule has 1 aliphatic heterocycles. The summed E-state index contributed by atoms with van der Waals surface area (Å²) >= 11 is 0. The van der Waals surface area contributed by atoms with E-state index in [4.69, 9.17) is 0 Å². The van der Waals surface area contributed by atoms with E-state index < -0.39 is 0 Å². The summed E-state index contributed by atoms with van der Waals surface area (Å²) in [6, 6.07) is 6.80. The second-order valence-corrected chi connectivity index (χ2v) is 6.36. The van der Waals surface area contributed by atoms with Crippen LogP contribution in [-0.2, 0) is 65.4 Å². The van der Waals surface area contributed by atoms with Crippen LogP contribution in [0.5, 0.6) is 0 Å². The van der Waals surface area contributed by atoms with E-state index in [1.807, 2.05) is 13.1 Å². The fourth-order valence-electron chi connectivity index (χ4n) is 3.66. The van der Waals surface area contributed by atoms with Crippen molar-refractivity contribution in [2.24, 2.45) is 0 Å². The van der Waals surface area contributed by atoms with Crippen LogP contribution in [0.4, 0.5) is 5.82 Å². The Kier molecular flexibility index (Phi) is 7.94. The molecule has 0 aliphatic carbocycles. The van der Waals surface area contributed by atoms with E-state index in [1.165, 1.54) is 5.56 Å². The van der Waals surface area contributed by atoms with Gasteiger partial charge in [0.1, 0.15) is 17.8 Å². The van der Waals surface area contributed by atoms with Crippen molar-refractivity contribution in [1.29, 1.82) is 0 Å². The number of rotatable bonds is 2. The maximum atomic E-state index is 4.61. The first kappa shape index (κ1) is 22.1. The molecule has 0 amide bonds. The number of hydrogen-bond acceptors (Lipinski definition) is 4. The third-order valence-corrected chi connectivity index (χ3v) is 4.64. The minimum Gasteiger partial charge on any atom is -0.353 e. The maximum absolute atomic E-state index is 4.61. The zero-order chi connectivity index (χ0) is 16.7. The quantitative estimate of drug-likeness (QED) is 0.535. The van der Waals surface area contributed by atoms with E-state index in [0.29, 0.717) is 0 Å². The van der Waals surface area contributed by atoms with Crippen LogP contribution in [0, 0.1) is 32.9 Å². The van der Waals surface area contributed by atoms with Crippen LogP contribution < -0.4 is 10.2 Å². The molecule has 0 unspecified atom stereocenters. The zero-order valence-corrected chi connectivity index (χ0v) is 21.2. The number of aromatic amines is 1. The average molecular weight is 497 g/mol. The standard InChI is InChI=1S/C19H21N5.2Y/c1-12-8-13(2)16(14(3)9-12)15-10-21-18-17(15)19(23-11-22-18)24-6-4-20-5-7-24;;/h10-11,20H,4-7H2,1-3H3,(H,21,22,23);;/q-2;;. The zero-order valence-electron chi connectivity index (χ0n) is 15.5. The van der Waals surface area contributed by atoms with Gasteiger partial charge in [0.25, 0.3) is 0 Å². The van der Waals surface area contributed by atoms with E-state index in [2.05, 4.69) is 51.1 Å². The molecule has 1 saturated heterocycles. The molecule has 2 aromatic heterocycles. The maximum Gasteiger partial charge on any atom is 0.141 e. The van der Waals surface area contributed by atoms with Gasteiger partial charge >= 0.3 is 0 Å². The van der Waals surface area contributed by atoms with E-state index in [9.17, 15) is 0 Å². The summed E-state index contributed by atoms with van der Waals surface area (Å²) in [5, 5.41) is 4.49. The molecule has 2 N–H and O–H groups in total. The van der Waals surface area contributed by atoms with Gasteiger partial charge in [-0.05, 0) is 6.20 Å². The molecular weight excluding hydrogens is 476 g/mol. The molecule has 0 saturated carbocycles. The monoisotopic (exact) mass is 497 g/mol. The van der Waals surface area contributed by atoms with Crippen molar-refractivity contribution < 1.29 is 65.4 Å². The number of benzene rings is 1. The van der Waals surface area contributed by atoms with Crippen molar-refractivity contribution in [3.05, 3.63) is 41.3 Å². The van der Waals surface area contributed by atoms with Gasteiger partial charge in [0.2, 0.25) is 0 Å². The predicted octanol–water partition coefficient (Wildman–Crippen LogP) is 2.56. The van der Waals surface area contributed by atoms with E-state index in [0.717, 1.165) is 65.3 Å². The molecule has 1 fully saturated rings. The number of hydrogen-bond donors (Lipinski definition) is 2. The Hall–Kier alpha value is -0.192. The molecule has 26 heavy (non-hydrogen) atoms. The van der Waals surface area contributed by atoms with Gasteiger partial charge in [-0.1, -0.05) is 26.3 Å². The molecule has 2 radical (unpaired) electrons. The number of fused-ring (bicyclic) bond motifs is 1. The largest absolute Gasteiger partial charge is 0.353 e. The fraction of sp³-hybridized carbons (Fsp3) is 0.368. The molecule has 0 bridgehead atoms. The van der Waals surface area contributed by atoms with E-state index in [-0.39, 0.29) is 65.4 Å². The van der Waals surface area contributed by atoms with E-state index >= 15 is 0 Å². The molecule has 7 heteroatoms. The number of nitrogens with one attached hydrogen (secondary N) is 2. The Morgan fingerprint density at radius 1 is 1.00 bits per heavy atom. The minimum absolute atomic E-state index is 0. The number of aryl methyl sites for hydroxylation is 3. The molecule has 0 spiro atoms. The number of piperazine rings is 1. The van der Waals surface area contributed by atoms with Crippen molar-refractivity contribution in [2.75, 3.05) is 31.1 Å². The SMILES string of the molecule is Cc1[c-]c(C)c(-c2c[nH]c3ncnc(N4CCNCC4)c23)c(C)[c-]1.[Y].[Y]. The van der Waals surface area contributed by atoms with Crippen molar-refractivity contribution in [2.45, 2.75) is 20.8 Å². The molecule has 3 aromatic rings. The minimum atomic E-state index is 0. The Labute approximate surface area is 204 Å². The molecule has 0 atom stereocenters.